The molecule has 19 heavy (non-hydrogen) atoms. The van der Waals surface area contributed by atoms with Crippen molar-refractivity contribution in [1.29, 1.82) is 0 Å². The fourth-order valence-corrected chi connectivity index (χ4v) is 3.18. The standard InChI is InChI=1S/C15H21N3O/c16-15(7-3-4-8-15)11-14-17-12-5-1-2-6-13(12)18(14)9-10-19/h1-2,5-6,19H,3-4,7-11,16H2. The van der Waals surface area contributed by atoms with Gasteiger partial charge < -0.3 is 15.4 Å². The number of hydrogen-bond donors (Lipinski definition) is 2. The Balaban J connectivity index is 1.99. The first kappa shape index (κ1) is 12.6. The van der Waals surface area contributed by atoms with Crippen molar-refractivity contribution in [3.05, 3.63) is 30.1 Å². The molecule has 1 saturated carbocycles. The van der Waals surface area contributed by atoms with Gasteiger partial charge in [0.15, 0.2) is 0 Å². The van der Waals surface area contributed by atoms with Gasteiger partial charge in [-0.25, -0.2) is 4.98 Å². The van der Waals surface area contributed by atoms with E-state index in [9.17, 15) is 5.11 Å². The monoisotopic (exact) mass is 259 g/mol. The van der Waals surface area contributed by atoms with Gasteiger partial charge in [-0.05, 0) is 25.0 Å². The van der Waals surface area contributed by atoms with Crippen LogP contribution in [0.5, 0.6) is 0 Å². The molecule has 0 unspecified atom stereocenters. The second-order valence-electron chi connectivity index (χ2n) is 5.64. The summed E-state index contributed by atoms with van der Waals surface area (Å²) in [5.74, 6) is 1.01. The lowest BCUT2D eigenvalue weighted by Crippen LogP contribution is -2.39. The predicted molar refractivity (Wildman–Crippen MR) is 75.9 cm³/mol. The molecular formula is C15H21N3O. The molecule has 0 aliphatic heterocycles. The number of nitrogens with zero attached hydrogens (tertiary/aromatic N) is 2. The zero-order valence-electron chi connectivity index (χ0n) is 11.2. The van der Waals surface area contributed by atoms with Gasteiger partial charge in [0, 0.05) is 18.5 Å². The summed E-state index contributed by atoms with van der Waals surface area (Å²) >= 11 is 0. The van der Waals surface area contributed by atoms with Crippen molar-refractivity contribution in [1.82, 2.24) is 9.55 Å². The molecule has 4 heteroatoms. The van der Waals surface area contributed by atoms with Crippen LogP contribution in [0.3, 0.4) is 0 Å². The molecule has 2 aromatic rings. The number of aliphatic hydroxyl groups excluding tert-OH is 1. The van der Waals surface area contributed by atoms with Crippen LogP contribution in [-0.4, -0.2) is 26.8 Å². The number of fused-ring (bicyclic) bond motifs is 1. The summed E-state index contributed by atoms with van der Waals surface area (Å²) in [6.07, 6.45) is 5.40. The van der Waals surface area contributed by atoms with Gasteiger partial charge in [0.1, 0.15) is 5.82 Å². The third-order valence-corrected chi connectivity index (χ3v) is 4.17. The molecule has 0 amide bonds. The average molecular weight is 259 g/mol. The fourth-order valence-electron chi connectivity index (χ4n) is 3.18. The van der Waals surface area contributed by atoms with Crippen molar-refractivity contribution < 1.29 is 5.11 Å². The topological polar surface area (TPSA) is 64.1 Å². The van der Waals surface area contributed by atoms with E-state index in [0.29, 0.717) is 6.54 Å². The first-order valence-electron chi connectivity index (χ1n) is 7.06. The lowest BCUT2D eigenvalue weighted by atomic mass is 9.94. The van der Waals surface area contributed by atoms with E-state index in [1.54, 1.807) is 0 Å². The number of imidazole rings is 1. The van der Waals surface area contributed by atoms with Crippen LogP contribution in [0, 0.1) is 0 Å². The van der Waals surface area contributed by atoms with Gasteiger partial charge in [-0.1, -0.05) is 25.0 Å². The Hall–Kier alpha value is -1.39. The summed E-state index contributed by atoms with van der Waals surface area (Å²) in [6.45, 7) is 0.719. The third kappa shape index (κ3) is 2.38. The summed E-state index contributed by atoms with van der Waals surface area (Å²) in [5, 5.41) is 9.27. The van der Waals surface area contributed by atoms with E-state index in [4.69, 9.17) is 10.7 Å². The molecule has 102 valence electrons. The number of benzene rings is 1. The van der Waals surface area contributed by atoms with Crippen LogP contribution in [0.1, 0.15) is 31.5 Å². The highest BCUT2D eigenvalue weighted by atomic mass is 16.3. The molecule has 4 nitrogen and oxygen atoms in total. The van der Waals surface area contributed by atoms with Crippen molar-refractivity contribution in [2.75, 3.05) is 6.61 Å². The lowest BCUT2D eigenvalue weighted by molar-refractivity contribution is 0.274. The van der Waals surface area contributed by atoms with Gasteiger partial charge >= 0.3 is 0 Å². The molecular weight excluding hydrogens is 238 g/mol. The molecule has 0 bridgehead atoms. The minimum atomic E-state index is -0.103. The summed E-state index contributed by atoms with van der Waals surface area (Å²) in [6, 6.07) is 8.08. The second-order valence-corrected chi connectivity index (χ2v) is 5.64. The minimum absolute atomic E-state index is 0.103. The van der Waals surface area contributed by atoms with Crippen LogP contribution < -0.4 is 5.73 Å². The van der Waals surface area contributed by atoms with Gasteiger partial charge in [0.25, 0.3) is 0 Å². The molecule has 3 N–H and O–H groups in total. The number of nitrogens with two attached hydrogens (primary N) is 1. The Labute approximate surface area is 113 Å². The van der Waals surface area contributed by atoms with E-state index in [2.05, 4.69) is 10.6 Å². The zero-order chi connectivity index (χ0) is 13.3. The molecule has 0 saturated heterocycles. The van der Waals surface area contributed by atoms with Gasteiger partial charge in [0.2, 0.25) is 0 Å². The Bertz CT molecular complexity index is 570. The number of aliphatic hydroxyl groups is 1. The molecule has 1 aliphatic carbocycles. The van der Waals surface area contributed by atoms with Crippen LogP contribution >= 0.6 is 0 Å². The van der Waals surface area contributed by atoms with E-state index in [-0.39, 0.29) is 12.1 Å². The second kappa shape index (κ2) is 4.94. The van der Waals surface area contributed by atoms with Crippen LogP contribution in [0.4, 0.5) is 0 Å². The summed E-state index contributed by atoms with van der Waals surface area (Å²) < 4.78 is 2.11. The smallest absolute Gasteiger partial charge is 0.111 e. The molecule has 0 radical (unpaired) electrons. The summed E-state index contributed by atoms with van der Waals surface area (Å²) in [7, 11) is 0. The first-order chi connectivity index (χ1) is 9.22. The van der Waals surface area contributed by atoms with Crippen LogP contribution in [0.15, 0.2) is 24.3 Å². The van der Waals surface area contributed by atoms with E-state index >= 15 is 0 Å². The quantitative estimate of drug-likeness (QED) is 0.880. The van der Waals surface area contributed by atoms with Crippen LogP contribution in [0.25, 0.3) is 11.0 Å². The zero-order valence-corrected chi connectivity index (χ0v) is 11.2. The van der Waals surface area contributed by atoms with Crippen molar-refractivity contribution in [3.63, 3.8) is 0 Å². The largest absolute Gasteiger partial charge is 0.395 e. The molecule has 1 aromatic carbocycles. The molecule has 1 aliphatic rings. The third-order valence-electron chi connectivity index (χ3n) is 4.17. The number of rotatable bonds is 4. The van der Waals surface area contributed by atoms with Crippen LogP contribution in [-0.2, 0) is 13.0 Å². The highest BCUT2D eigenvalue weighted by Crippen LogP contribution is 2.31. The fraction of sp³-hybridized carbons (Fsp3) is 0.533. The van der Waals surface area contributed by atoms with Crippen molar-refractivity contribution >= 4 is 11.0 Å². The molecule has 1 fully saturated rings. The highest BCUT2D eigenvalue weighted by molar-refractivity contribution is 5.75. The maximum Gasteiger partial charge on any atom is 0.111 e. The maximum atomic E-state index is 9.27. The first-order valence-corrected chi connectivity index (χ1v) is 7.06. The Morgan fingerprint density at radius 1 is 1.26 bits per heavy atom. The normalized spacial score (nSPS) is 18.2. The Kier molecular flexibility index (Phi) is 3.29. The summed E-state index contributed by atoms with van der Waals surface area (Å²) in [5.41, 5.74) is 8.44. The molecule has 1 aromatic heterocycles. The van der Waals surface area contributed by atoms with E-state index in [0.717, 1.165) is 36.1 Å². The molecule has 3 rings (SSSR count). The molecule has 0 atom stereocenters. The van der Waals surface area contributed by atoms with Crippen LogP contribution in [0.2, 0.25) is 0 Å². The van der Waals surface area contributed by atoms with E-state index < -0.39 is 0 Å². The Morgan fingerprint density at radius 2 is 2.00 bits per heavy atom. The number of aromatic nitrogens is 2. The van der Waals surface area contributed by atoms with Gasteiger partial charge in [-0.15, -0.1) is 0 Å². The summed E-state index contributed by atoms with van der Waals surface area (Å²) in [4.78, 5) is 4.71. The van der Waals surface area contributed by atoms with Crippen molar-refractivity contribution in [2.24, 2.45) is 5.73 Å². The molecule has 1 heterocycles. The Morgan fingerprint density at radius 3 is 2.74 bits per heavy atom. The maximum absolute atomic E-state index is 9.27. The number of para-hydroxylation sites is 2. The SMILES string of the molecule is NC1(Cc2nc3ccccc3n2CCO)CCCC1. The number of hydrogen-bond acceptors (Lipinski definition) is 3. The predicted octanol–water partition coefficient (Wildman–Crippen LogP) is 1.84. The van der Waals surface area contributed by atoms with Gasteiger partial charge in [0.05, 0.1) is 17.6 Å². The van der Waals surface area contributed by atoms with E-state index in [1.165, 1.54) is 12.8 Å². The highest BCUT2D eigenvalue weighted by Gasteiger charge is 2.31. The molecule has 0 spiro atoms. The average Bonchev–Trinajstić information content (AvgIpc) is 2.96. The van der Waals surface area contributed by atoms with Gasteiger partial charge in [-0.2, -0.15) is 0 Å². The van der Waals surface area contributed by atoms with E-state index in [1.807, 2.05) is 18.2 Å². The van der Waals surface area contributed by atoms with Crippen molar-refractivity contribution in [2.45, 2.75) is 44.2 Å². The lowest BCUT2D eigenvalue weighted by Gasteiger charge is -2.23. The van der Waals surface area contributed by atoms with Crippen molar-refractivity contribution in [3.8, 4) is 0 Å². The minimum Gasteiger partial charge on any atom is -0.395 e. The van der Waals surface area contributed by atoms with Gasteiger partial charge in [-0.3, -0.25) is 0 Å².